The Morgan fingerprint density at radius 3 is 2.52 bits per heavy atom. The van der Waals surface area contributed by atoms with E-state index < -0.39 is 0 Å². The summed E-state index contributed by atoms with van der Waals surface area (Å²) in [4.78, 5) is 29.5. The summed E-state index contributed by atoms with van der Waals surface area (Å²) < 4.78 is 1.70. The van der Waals surface area contributed by atoms with E-state index in [9.17, 15) is 4.79 Å². The summed E-state index contributed by atoms with van der Waals surface area (Å²) >= 11 is 0. The zero-order valence-electron chi connectivity index (χ0n) is 15.6. The Bertz CT molecular complexity index is 849. The zero-order valence-corrected chi connectivity index (χ0v) is 15.6. The summed E-state index contributed by atoms with van der Waals surface area (Å²) in [6, 6.07) is 4.04. The summed E-state index contributed by atoms with van der Waals surface area (Å²) in [6.07, 6.45) is 9.00. The van der Waals surface area contributed by atoms with Crippen LogP contribution in [0.25, 0.3) is 0 Å². The topological polar surface area (TPSA) is 67.2 Å². The van der Waals surface area contributed by atoms with Gasteiger partial charge in [-0.25, -0.2) is 19.7 Å². The van der Waals surface area contributed by atoms with Gasteiger partial charge in [-0.2, -0.15) is 0 Å². The smallest absolute Gasteiger partial charge is 0.347 e. The van der Waals surface area contributed by atoms with E-state index in [2.05, 4.69) is 30.8 Å². The van der Waals surface area contributed by atoms with Crippen LogP contribution in [0, 0.1) is 11.8 Å². The molecule has 0 bridgehead atoms. The second-order valence-corrected chi connectivity index (χ2v) is 8.21. The number of hydrogen-bond donors (Lipinski definition) is 0. The van der Waals surface area contributed by atoms with Crippen LogP contribution in [0.3, 0.4) is 0 Å². The Balaban J connectivity index is 1.17. The molecular formula is C20H26N6O. The van der Waals surface area contributed by atoms with Crippen LogP contribution in [0.4, 0.5) is 5.82 Å². The Kier molecular flexibility index (Phi) is 4.39. The number of fused-ring (bicyclic) bond motifs is 1. The molecular weight excluding hydrogens is 340 g/mol. The second kappa shape index (κ2) is 7.03. The molecule has 2 aromatic rings. The zero-order chi connectivity index (χ0) is 18.2. The first kappa shape index (κ1) is 16.9. The highest BCUT2D eigenvalue weighted by Crippen LogP contribution is 2.37. The van der Waals surface area contributed by atoms with E-state index in [0.29, 0.717) is 24.3 Å². The third-order valence-corrected chi connectivity index (χ3v) is 6.52. The van der Waals surface area contributed by atoms with Crippen LogP contribution in [-0.2, 0) is 6.54 Å². The van der Waals surface area contributed by atoms with Gasteiger partial charge < -0.3 is 9.80 Å². The predicted molar refractivity (Wildman–Crippen MR) is 103 cm³/mol. The monoisotopic (exact) mass is 366 g/mol. The molecule has 2 atom stereocenters. The number of hydrogen-bond acceptors (Lipinski definition) is 6. The molecule has 2 saturated heterocycles. The summed E-state index contributed by atoms with van der Waals surface area (Å²) in [5, 5.41) is 0. The molecule has 27 heavy (non-hydrogen) atoms. The number of rotatable bonds is 5. The van der Waals surface area contributed by atoms with Gasteiger partial charge in [0.2, 0.25) is 0 Å². The second-order valence-electron chi connectivity index (χ2n) is 8.21. The van der Waals surface area contributed by atoms with Crippen molar-refractivity contribution in [2.75, 3.05) is 37.6 Å². The first-order valence-electron chi connectivity index (χ1n) is 10.1. The number of nitrogens with zero attached hydrogens (tertiary/aromatic N) is 6. The van der Waals surface area contributed by atoms with Crippen molar-refractivity contribution >= 4 is 5.82 Å². The first-order chi connectivity index (χ1) is 13.3. The normalized spacial score (nSPS) is 25.6. The van der Waals surface area contributed by atoms with Gasteiger partial charge >= 0.3 is 5.69 Å². The molecule has 7 nitrogen and oxygen atoms in total. The maximum absolute atomic E-state index is 11.7. The summed E-state index contributed by atoms with van der Waals surface area (Å²) in [7, 11) is 0. The minimum absolute atomic E-state index is 0.158. The summed E-state index contributed by atoms with van der Waals surface area (Å²) in [5.41, 5.74) is 1.07. The lowest BCUT2D eigenvalue weighted by Crippen LogP contribution is -2.33. The van der Waals surface area contributed by atoms with Crippen LogP contribution in [-0.4, -0.2) is 57.1 Å². The van der Waals surface area contributed by atoms with Gasteiger partial charge in [0, 0.05) is 69.3 Å². The highest BCUT2D eigenvalue weighted by atomic mass is 16.1. The molecule has 3 fully saturated rings. The molecule has 2 aromatic heterocycles. The van der Waals surface area contributed by atoms with Gasteiger partial charge in [0.05, 0.1) is 0 Å². The van der Waals surface area contributed by atoms with Gasteiger partial charge in [0.15, 0.2) is 0 Å². The minimum Gasteiger partial charge on any atom is -0.356 e. The van der Waals surface area contributed by atoms with Crippen molar-refractivity contribution in [3.63, 3.8) is 0 Å². The standard InChI is InChI=1S/C20H26N6O/c27-20-21-5-2-6-25(20)8-7-24-10-16-12-26(13-17(16)11-24)19-9-18(22-14-23-19)15-3-1-4-15/h2,5-6,9,14-17H,1,3-4,7-8,10-13H2. The number of likely N-dealkylation sites (tertiary alicyclic amines) is 1. The maximum Gasteiger partial charge on any atom is 0.347 e. The van der Waals surface area contributed by atoms with Crippen molar-refractivity contribution in [2.24, 2.45) is 11.8 Å². The largest absolute Gasteiger partial charge is 0.356 e. The fourth-order valence-corrected chi connectivity index (χ4v) is 4.73. The van der Waals surface area contributed by atoms with E-state index in [1.807, 2.05) is 12.3 Å². The third kappa shape index (κ3) is 3.36. The van der Waals surface area contributed by atoms with Gasteiger partial charge in [-0.15, -0.1) is 0 Å². The van der Waals surface area contributed by atoms with Crippen molar-refractivity contribution in [2.45, 2.75) is 31.7 Å². The van der Waals surface area contributed by atoms with Crippen LogP contribution in [0.1, 0.15) is 30.9 Å². The van der Waals surface area contributed by atoms with Gasteiger partial charge in [0.25, 0.3) is 0 Å². The van der Waals surface area contributed by atoms with Crippen molar-refractivity contribution in [1.82, 2.24) is 24.4 Å². The van der Waals surface area contributed by atoms with E-state index in [0.717, 1.165) is 38.5 Å². The van der Waals surface area contributed by atoms with Gasteiger partial charge in [-0.3, -0.25) is 4.57 Å². The molecule has 0 radical (unpaired) electrons. The minimum atomic E-state index is -0.158. The molecule has 0 spiro atoms. The molecule has 0 amide bonds. The molecule has 3 aliphatic rings. The van der Waals surface area contributed by atoms with E-state index >= 15 is 0 Å². The maximum atomic E-state index is 11.7. The van der Waals surface area contributed by atoms with Crippen LogP contribution >= 0.6 is 0 Å². The average Bonchev–Trinajstić information content (AvgIpc) is 3.18. The highest BCUT2D eigenvalue weighted by Gasteiger charge is 2.40. The summed E-state index contributed by atoms with van der Waals surface area (Å²) in [6.45, 7) is 6.00. The quantitative estimate of drug-likeness (QED) is 0.796. The SMILES string of the molecule is O=c1ncccn1CCN1CC2CN(c3cc(C4CCC4)ncn3)CC2C1. The Morgan fingerprint density at radius 2 is 1.81 bits per heavy atom. The Morgan fingerprint density at radius 1 is 1.00 bits per heavy atom. The molecule has 0 N–H and O–H groups in total. The van der Waals surface area contributed by atoms with Gasteiger partial charge in [-0.05, 0) is 30.7 Å². The van der Waals surface area contributed by atoms with E-state index in [1.54, 1.807) is 17.1 Å². The van der Waals surface area contributed by atoms with Crippen molar-refractivity contribution in [1.29, 1.82) is 0 Å². The molecule has 2 unspecified atom stereocenters. The van der Waals surface area contributed by atoms with Crippen LogP contribution in [0.2, 0.25) is 0 Å². The van der Waals surface area contributed by atoms with Gasteiger partial charge in [-0.1, -0.05) is 6.42 Å². The average molecular weight is 366 g/mol. The fraction of sp³-hybridized carbons (Fsp3) is 0.600. The molecule has 142 valence electrons. The lowest BCUT2D eigenvalue weighted by atomic mass is 9.83. The van der Waals surface area contributed by atoms with E-state index in [1.165, 1.54) is 25.0 Å². The molecule has 1 saturated carbocycles. The lowest BCUT2D eigenvalue weighted by Gasteiger charge is -2.26. The summed E-state index contributed by atoms with van der Waals surface area (Å²) in [5.74, 6) is 3.14. The van der Waals surface area contributed by atoms with Crippen molar-refractivity contribution in [3.8, 4) is 0 Å². The third-order valence-electron chi connectivity index (χ3n) is 6.52. The predicted octanol–water partition coefficient (Wildman–Crippen LogP) is 1.37. The van der Waals surface area contributed by atoms with Crippen molar-refractivity contribution < 1.29 is 0 Å². The Labute approximate surface area is 159 Å². The molecule has 1 aliphatic carbocycles. The molecule has 2 aliphatic heterocycles. The number of aromatic nitrogens is 4. The van der Waals surface area contributed by atoms with E-state index in [4.69, 9.17) is 0 Å². The first-order valence-corrected chi connectivity index (χ1v) is 10.1. The fourth-order valence-electron chi connectivity index (χ4n) is 4.73. The van der Waals surface area contributed by atoms with Crippen LogP contribution in [0.5, 0.6) is 0 Å². The number of anilines is 1. The molecule has 0 aromatic carbocycles. The highest BCUT2D eigenvalue weighted by molar-refractivity contribution is 5.42. The molecule has 5 rings (SSSR count). The molecule has 7 heteroatoms. The van der Waals surface area contributed by atoms with Crippen LogP contribution < -0.4 is 10.6 Å². The lowest BCUT2D eigenvalue weighted by molar-refractivity contribution is 0.300. The van der Waals surface area contributed by atoms with Crippen molar-refractivity contribution in [3.05, 3.63) is 47.0 Å². The molecule has 4 heterocycles. The van der Waals surface area contributed by atoms with Gasteiger partial charge in [0.1, 0.15) is 12.1 Å². The van der Waals surface area contributed by atoms with Crippen LogP contribution in [0.15, 0.2) is 35.6 Å². The van der Waals surface area contributed by atoms with E-state index in [-0.39, 0.29) is 5.69 Å². The Hall–Kier alpha value is -2.28.